The summed E-state index contributed by atoms with van der Waals surface area (Å²) >= 11 is 1.25. The van der Waals surface area contributed by atoms with Gasteiger partial charge in [0.05, 0.1) is 11.1 Å². The lowest BCUT2D eigenvalue weighted by atomic mass is 10.2. The van der Waals surface area contributed by atoms with Crippen LogP contribution in [0, 0.1) is 0 Å². The Morgan fingerprint density at radius 1 is 1.43 bits per heavy atom. The van der Waals surface area contributed by atoms with Gasteiger partial charge in [0.2, 0.25) is 10.0 Å². The summed E-state index contributed by atoms with van der Waals surface area (Å²) < 4.78 is 22.1. The van der Waals surface area contributed by atoms with E-state index in [2.05, 4.69) is 9.93 Å². The number of rotatable bonds is 1. The van der Waals surface area contributed by atoms with Crippen molar-refractivity contribution in [1.82, 2.24) is 4.83 Å². The highest BCUT2D eigenvalue weighted by Crippen LogP contribution is 2.24. The largest absolute Gasteiger partial charge is 0.247 e. The molecular formula is C7H7N3O2S2. The van der Waals surface area contributed by atoms with Gasteiger partial charge in [-0.25, -0.2) is 18.4 Å². The van der Waals surface area contributed by atoms with Crippen molar-refractivity contribution in [3.05, 3.63) is 23.8 Å². The number of hydrazone groups is 1. The van der Waals surface area contributed by atoms with Crippen LogP contribution in [-0.2, 0) is 10.0 Å². The van der Waals surface area contributed by atoms with Gasteiger partial charge in [0.1, 0.15) is 0 Å². The molecule has 3 N–H and O–H groups in total. The van der Waals surface area contributed by atoms with E-state index in [4.69, 9.17) is 5.14 Å². The Morgan fingerprint density at radius 3 is 2.93 bits per heavy atom. The first kappa shape index (κ1) is 9.50. The van der Waals surface area contributed by atoms with E-state index < -0.39 is 10.0 Å². The number of primary sulfonamides is 1. The molecule has 1 aromatic carbocycles. The van der Waals surface area contributed by atoms with Crippen molar-refractivity contribution in [1.29, 1.82) is 0 Å². The number of nitrogens with two attached hydrogens (primary N) is 1. The third-order valence-corrected chi connectivity index (χ3v) is 3.41. The molecule has 0 fully saturated rings. The predicted octanol–water partition coefficient (Wildman–Crippen LogP) is 0.278. The van der Waals surface area contributed by atoms with Gasteiger partial charge in [0, 0.05) is 22.4 Å². The Balaban J connectivity index is 2.55. The van der Waals surface area contributed by atoms with Gasteiger partial charge in [-0.05, 0) is 12.1 Å². The van der Waals surface area contributed by atoms with Gasteiger partial charge in [-0.15, -0.1) is 0 Å². The SMILES string of the molecule is NS(=O)(=O)c1ccc2c(c1)SNN=C2. The molecule has 0 spiro atoms. The maximum atomic E-state index is 11.0. The minimum atomic E-state index is -3.62. The molecule has 2 rings (SSSR count). The number of hydrogen-bond acceptors (Lipinski definition) is 5. The van der Waals surface area contributed by atoms with Crippen molar-refractivity contribution in [2.75, 3.05) is 0 Å². The fraction of sp³-hybridized carbons (Fsp3) is 0. The third-order valence-electron chi connectivity index (χ3n) is 1.73. The van der Waals surface area contributed by atoms with E-state index in [1.165, 1.54) is 24.1 Å². The van der Waals surface area contributed by atoms with Crippen LogP contribution < -0.4 is 9.97 Å². The second-order valence-corrected chi connectivity index (χ2v) is 5.08. The standard InChI is InChI=1S/C7H7N3O2S2/c8-14(11,12)6-2-1-5-4-9-10-13-7(5)3-6/h1-4,10H,(H2,8,11,12). The maximum Gasteiger partial charge on any atom is 0.238 e. The fourth-order valence-corrected chi connectivity index (χ4v) is 2.30. The molecule has 1 aliphatic rings. The minimum Gasteiger partial charge on any atom is -0.247 e. The monoisotopic (exact) mass is 229 g/mol. The molecule has 14 heavy (non-hydrogen) atoms. The lowest BCUT2D eigenvalue weighted by Crippen LogP contribution is -2.13. The predicted molar refractivity (Wildman–Crippen MR) is 54.4 cm³/mol. The summed E-state index contributed by atoms with van der Waals surface area (Å²) in [5.74, 6) is 0. The summed E-state index contributed by atoms with van der Waals surface area (Å²) in [4.78, 5) is 3.58. The van der Waals surface area contributed by atoms with Crippen LogP contribution in [0.3, 0.4) is 0 Å². The van der Waals surface area contributed by atoms with Crippen molar-refractivity contribution in [3.63, 3.8) is 0 Å². The molecule has 1 aliphatic heterocycles. The number of nitrogens with zero attached hydrogens (tertiary/aromatic N) is 1. The van der Waals surface area contributed by atoms with Gasteiger partial charge in [-0.1, -0.05) is 6.07 Å². The Labute approximate surface area is 85.6 Å². The van der Waals surface area contributed by atoms with Crippen molar-refractivity contribution in [2.24, 2.45) is 10.2 Å². The Bertz CT molecular complexity index is 496. The lowest BCUT2D eigenvalue weighted by Gasteiger charge is -2.10. The molecule has 5 nitrogen and oxygen atoms in total. The lowest BCUT2D eigenvalue weighted by molar-refractivity contribution is 0.597. The quantitative estimate of drug-likeness (QED) is 0.677. The average molecular weight is 229 g/mol. The molecule has 0 aromatic heterocycles. The molecule has 74 valence electrons. The van der Waals surface area contributed by atoms with Crippen LogP contribution in [-0.4, -0.2) is 14.6 Å². The maximum absolute atomic E-state index is 11.0. The Kier molecular flexibility index (Phi) is 2.22. The van der Waals surface area contributed by atoms with Crippen LogP contribution in [0.15, 0.2) is 33.1 Å². The molecule has 0 unspecified atom stereocenters. The van der Waals surface area contributed by atoms with E-state index in [1.54, 1.807) is 12.3 Å². The zero-order valence-electron chi connectivity index (χ0n) is 6.97. The van der Waals surface area contributed by atoms with Gasteiger partial charge >= 0.3 is 0 Å². The molecule has 0 amide bonds. The Hall–Kier alpha value is -1.05. The topological polar surface area (TPSA) is 84.5 Å². The zero-order chi connectivity index (χ0) is 10.2. The van der Waals surface area contributed by atoms with Crippen molar-refractivity contribution >= 4 is 28.2 Å². The first-order valence-electron chi connectivity index (χ1n) is 3.69. The smallest absolute Gasteiger partial charge is 0.238 e. The highest BCUT2D eigenvalue weighted by Gasteiger charge is 2.12. The number of fused-ring (bicyclic) bond motifs is 1. The summed E-state index contributed by atoms with van der Waals surface area (Å²) in [6, 6.07) is 4.66. The van der Waals surface area contributed by atoms with Crippen LogP contribution in [0.5, 0.6) is 0 Å². The minimum absolute atomic E-state index is 0.112. The zero-order valence-corrected chi connectivity index (χ0v) is 8.60. The van der Waals surface area contributed by atoms with Gasteiger partial charge in [0.15, 0.2) is 0 Å². The number of sulfonamides is 1. The van der Waals surface area contributed by atoms with Gasteiger partial charge in [-0.2, -0.15) is 5.10 Å². The second kappa shape index (κ2) is 3.26. The van der Waals surface area contributed by atoms with E-state index in [9.17, 15) is 8.42 Å². The van der Waals surface area contributed by atoms with Gasteiger partial charge in [0.25, 0.3) is 0 Å². The average Bonchev–Trinajstić information content (AvgIpc) is 2.16. The number of benzene rings is 1. The van der Waals surface area contributed by atoms with E-state index >= 15 is 0 Å². The van der Waals surface area contributed by atoms with Crippen molar-refractivity contribution in [2.45, 2.75) is 9.79 Å². The summed E-state index contributed by atoms with van der Waals surface area (Å²) in [7, 11) is -3.62. The van der Waals surface area contributed by atoms with E-state index in [0.717, 1.165) is 10.5 Å². The van der Waals surface area contributed by atoms with Crippen LogP contribution in [0.4, 0.5) is 0 Å². The highest BCUT2D eigenvalue weighted by atomic mass is 32.2. The van der Waals surface area contributed by atoms with Crippen molar-refractivity contribution in [3.8, 4) is 0 Å². The molecule has 1 heterocycles. The molecule has 0 saturated heterocycles. The molecule has 1 aromatic rings. The normalized spacial score (nSPS) is 14.6. The number of nitrogens with one attached hydrogen (secondary N) is 1. The summed E-state index contributed by atoms with van der Waals surface area (Å²) in [6.07, 6.45) is 1.62. The van der Waals surface area contributed by atoms with E-state index in [-0.39, 0.29) is 4.90 Å². The third kappa shape index (κ3) is 1.74. The second-order valence-electron chi connectivity index (χ2n) is 2.70. The van der Waals surface area contributed by atoms with E-state index in [0.29, 0.717) is 0 Å². The summed E-state index contributed by atoms with van der Waals surface area (Å²) in [6.45, 7) is 0. The molecule has 0 saturated carbocycles. The number of hydrogen-bond donors (Lipinski definition) is 2. The molecule has 7 heteroatoms. The van der Waals surface area contributed by atoms with Crippen molar-refractivity contribution < 1.29 is 8.42 Å². The van der Waals surface area contributed by atoms with Gasteiger partial charge < -0.3 is 0 Å². The molecule has 0 atom stereocenters. The summed E-state index contributed by atoms with van der Waals surface area (Å²) in [5, 5.41) is 8.82. The molecule has 0 radical (unpaired) electrons. The molecule has 0 bridgehead atoms. The van der Waals surface area contributed by atoms with Crippen LogP contribution in [0.1, 0.15) is 5.56 Å². The molecule has 0 aliphatic carbocycles. The fourth-order valence-electron chi connectivity index (χ4n) is 1.06. The van der Waals surface area contributed by atoms with Crippen LogP contribution in [0.2, 0.25) is 0 Å². The first-order chi connectivity index (χ1) is 6.57. The van der Waals surface area contributed by atoms with Crippen LogP contribution >= 0.6 is 11.9 Å². The Morgan fingerprint density at radius 2 is 2.21 bits per heavy atom. The highest BCUT2D eigenvalue weighted by molar-refractivity contribution is 7.97. The van der Waals surface area contributed by atoms with Crippen LogP contribution in [0.25, 0.3) is 0 Å². The van der Waals surface area contributed by atoms with E-state index in [1.807, 2.05) is 0 Å². The first-order valence-corrected chi connectivity index (χ1v) is 6.05. The van der Waals surface area contributed by atoms with Gasteiger partial charge in [-0.3, -0.25) is 0 Å². The molecular weight excluding hydrogens is 222 g/mol. The summed E-state index contributed by atoms with van der Waals surface area (Å²) in [5.41, 5.74) is 0.876.